The first-order chi connectivity index (χ1) is 10.5. The molecule has 0 aliphatic rings. The predicted octanol–water partition coefficient (Wildman–Crippen LogP) is 0.0679. The van der Waals surface area contributed by atoms with E-state index in [4.69, 9.17) is 10.2 Å². The molecule has 1 atom stereocenters. The number of unbranched alkanes of at least 4 members (excludes halogenated alkanes) is 8. The van der Waals surface area contributed by atoms with Gasteiger partial charge in [0.15, 0.2) is 0 Å². The third-order valence-corrected chi connectivity index (χ3v) is 3.52. The van der Waals surface area contributed by atoms with Crippen molar-refractivity contribution in [2.45, 2.75) is 83.6 Å². The van der Waals surface area contributed by atoms with Crippen LogP contribution in [0.3, 0.4) is 0 Å². The number of carboxylic acids is 2. The molecule has 130 valence electrons. The summed E-state index contributed by atoms with van der Waals surface area (Å²) in [6, 6.07) is -1.34. The molecule has 0 rings (SSSR count). The molecular formula is C16H30KNO5. The standard InChI is InChI=1S/C16H29NO5.K.H/c1-2-3-4-5-6-7-8-9-10-11-14(18)17-13(16(21)22)12-15(19)20;;/h13H,2-12H2,1H3,(H,17,18)(H,19,20)(H,21,22);;/q;+1;-1/t13-;;/m0../s1. The van der Waals surface area contributed by atoms with Crippen LogP contribution in [0.5, 0.6) is 0 Å². The normalized spacial score (nSPS) is 11.3. The number of carbonyl (C=O) groups is 3. The summed E-state index contributed by atoms with van der Waals surface area (Å²) in [6.45, 7) is 2.19. The van der Waals surface area contributed by atoms with Crippen LogP contribution in [0.25, 0.3) is 0 Å². The van der Waals surface area contributed by atoms with Crippen molar-refractivity contribution in [2.24, 2.45) is 0 Å². The summed E-state index contributed by atoms with van der Waals surface area (Å²) in [5.41, 5.74) is 0. The maximum atomic E-state index is 11.6. The molecule has 0 heterocycles. The van der Waals surface area contributed by atoms with Gasteiger partial charge in [0, 0.05) is 6.42 Å². The number of hydrogen-bond acceptors (Lipinski definition) is 3. The number of hydrogen-bond donors (Lipinski definition) is 3. The Morgan fingerprint density at radius 2 is 1.39 bits per heavy atom. The van der Waals surface area contributed by atoms with Crippen LogP contribution in [0.2, 0.25) is 0 Å². The molecule has 7 heteroatoms. The fourth-order valence-corrected chi connectivity index (χ4v) is 2.24. The van der Waals surface area contributed by atoms with Crippen molar-refractivity contribution < 1.29 is 77.4 Å². The maximum absolute atomic E-state index is 11.6. The van der Waals surface area contributed by atoms with Crippen molar-refractivity contribution in [3.05, 3.63) is 0 Å². The summed E-state index contributed by atoms with van der Waals surface area (Å²) in [7, 11) is 0. The van der Waals surface area contributed by atoms with Crippen molar-refractivity contribution in [1.82, 2.24) is 5.32 Å². The monoisotopic (exact) mass is 355 g/mol. The van der Waals surface area contributed by atoms with Crippen molar-refractivity contribution in [2.75, 3.05) is 0 Å². The first-order valence-corrected chi connectivity index (χ1v) is 8.21. The smallest absolute Gasteiger partial charge is 1.00 e. The second-order valence-electron chi connectivity index (χ2n) is 5.63. The van der Waals surface area contributed by atoms with Gasteiger partial charge in [0.25, 0.3) is 0 Å². The van der Waals surface area contributed by atoms with Crippen molar-refractivity contribution in [3.8, 4) is 0 Å². The van der Waals surface area contributed by atoms with Crippen LogP contribution in [-0.4, -0.2) is 34.1 Å². The zero-order valence-corrected chi connectivity index (χ0v) is 17.6. The molecule has 0 fully saturated rings. The molecule has 0 aliphatic heterocycles. The third-order valence-electron chi connectivity index (χ3n) is 3.52. The molecule has 0 aromatic carbocycles. The maximum Gasteiger partial charge on any atom is 1.00 e. The van der Waals surface area contributed by atoms with Crippen LogP contribution in [0.15, 0.2) is 0 Å². The van der Waals surface area contributed by atoms with Gasteiger partial charge in [-0.1, -0.05) is 58.3 Å². The van der Waals surface area contributed by atoms with Gasteiger partial charge in [0.2, 0.25) is 5.91 Å². The Balaban J connectivity index is -0.00000220. The molecule has 23 heavy (non-hydrogen) atoms. The minimum absolute atomic E-state index is 0. The molecule has 0 saturated carbocycles. The molecule has 0 bridgehead atoms. The van der Waals surface area contributed by atoms with Crippen LogP contribution >= 0.6 is 0 Å². The van der Waals surface area contributed by atoms with E-state index in [9.17, 15) is 14.4 Å². The van der Waals surface area contributed by atoms with E-state index >= 15 is 0 Å². The quantitative estimate of drug-likeness (QED) is 0.302. The Morgan fingerprint density at radius 3 is 1.83 bits per heavy atom. The van der Waals surface area contributed by atoms with Crippen molar-refractivity contribution in [1.29, 1.82) is 0 Å². The molecule has 3 N–H and O–H groups in total. The second kappa shape index (κ2) is 16.9. The summed E-state index contributed by atoms with van der Waals surface area (Å²) >= 11 is 0. The summed E-state index contributed by atoms with van der Waals surface area (Å²) in [4.78, 5) is 32.9. The van der Waals surface area contributed by atoms with Gasteiger partial charge < -0.3 is 17.0 Å². The van der Waals surface area contributed by atoms with E-state index in [2.05, 4.69) is 12.2 Å². The van der Waals surface area contributed by atoms with Gasteiger partial charge in [-0.3, -0.25) is 9.59 Å². The van der Waals surface area contributed by atoms with E-state index in [1.165, 1.54) is 38.5 Å². The SMILES string of the molecule is CCCCCCCCCCCC(=O)N[C@@H](CC(=O)O)C(=O)O.[H-].[K+]. The molecular weight excluding hydrogens is 325 g/mol. The van der Waals surface area contributed by atoms with Crippen molar-refractivity contribution >= 4 is 17.8 Å². The Kier molecular flexibility index (Phi) is 18.6. The molecule has 0 aromatic rings. The Labute approximate surface area is 182 Å². The third kappa shape index (κ3) is 16.7. The van der Waals surface area contributed by atoms with E-state index in [0.717, 1.165) is 12.8 Å². The topological polar surface area (TPSA) is 104 Å². The van der Waals surface area contributed by atoms with Gasteiger partial charge in [0.05, 0.1) is 6.42 Å². The Morgan fingerprint density at radius 1 is 0.913 bits per heavy atom. The minimum Gasteiger partial charge on any atom is -1.00 e. The first-order valence-electron chi connectivity index (χ1n) is 8.21. The molecule has 0 aliphatic carbocycles. The molecule has 0 aromatic heterocycles. The Hall–Kier alpha value is 0.0464. The van der Waals surface area contributed by atoms with Gasteiger partial charge >= 0.3 is 63.3 Å². The van der Waals surface area contributed by atoms with Crippen molar-refractivity contribution in [3.63, 3.8) is 0 Å². The number of rotatable bonds is 14. The number of aliphatic carboxylic acids is 2. The minimum atomic E-state index is -1.34. The van der Waals surface area contributed by atoms with E-state index < -0.39 is 30.3 Å². The zero-order valence-electron chi connectivity index (χ0n) is 15.5. The average molecular weight is 356 g/mol. The second-order valence-corrected chi connectivity index (χ2v) is 5.63. The van der Waals surface area contributed by atoms with Gasteiger partial charge in [0.1, 0.15) is 6.04 Å². The fraction of sp³-hybridized carbons (Fsp3) is 0.812. The number of nitrogens with one attached hydrogen (secondary N) is 1. The molecule has 0 radical (unpaired) electrons. The van der Waals surface area contributed by atoms with Crippen LogP contribution in [0.4, 0.5) is 0 Å². The average Bonchev–Trinajstić information content (AvgIpc) is 2.44. The molecule has 0 unspecified atom stereocenters. The summed E-state index contributed by atoms with van der Waals surface area (Å²) in [5.74, 6) is -2.95. The fourth-order valence-electron chi connectivity index (χ4n) is 2.24. The van der Waals surface area contributed by atoms with Crippen LogP contribution < -0.4 is 56.7 Å². The number of carboxylic acid groups (broad SMARTS) is 2. The largest absolute Gasteiger partial charge is 1.00 e. The molecule has 0 saturated heterocycles. The van der Waals surface area contributed by atoms with E-state index in [-0.39, 0.29) is 59.2 Å². The van der Waals surface area contributed by atoms with Crippen LogP contribution in [0, 0.1) is 0 Å². The number of carbonyl (C=O) groups excluding carboxylic acids is 1. The summed E-state index contributed by atoms with van der Waals surface area (Å²) in [6.07, 6.45) is 9.87. The predicted molar refractivity (Wildman–Crippen MR) is 84.8 cm³/mol. The van der Waals surface area contributed by atoms with Gasteiger partial charge in [-0.05, 0) is 6.42 Å². The Bertz CT molecular complexity index is 355. The molecule has 0 spiro atoms. The summed E-state index contributed by atoms with van der Waals surface area (Å²) in [5, 5.41) is 19.7. The van der Waals surface area contributed by atoms with Gasteiger partial charge in [-0.2, -0.15) is 0 Å². The van der Waals surface area contributed by atoms with E-state index in [1.54, 1.807) is 0 Å². The van der Waals surface area contributed by atoms with Gasteiger partial charge in [-0.25, -0.2) is 4.79 Å². The zero-order chi connectivity index (χ0) is 16.8. The number of amides is 1. The van der Waals surface area contributed by atoms with Crippen LogP contribution in [-0.2, 0) is 14.4 Å². The molecule has 1 amide bonds. The van der Waals surface area contributed by atoms with E-state index in [1.807, 2.05) is 0 Å². The van der Waals surface area contributed by atoms with E-state index in [0.29, 0.717) is 6.42 Å². The first kappa shape index (κ1) is 25.3. The van der Waals surface area contributed by atoms with Gasteiger partial charge in [-0.15, -0.1) is 0 Å². The molecule has 6 nitrogen and oxygen atoms in total. The summed E-state index contributed by atoms with van der Waals surface area (Å²) < 4.78 is 0. The van der Waals surface area contributed by atoms with Crippen LogP contribution in [0.1, 0.15) is 79.0 Å².